The van der Waals surface area contributed by atoms with Gasteiger partial charge in [-0.15, -0.1) is 0 Å². The Morgan fingerprint density at radius 1 is 1.15 bits per heavy atom. The second-order valence-corrected chi connectivity index (χ2v) is 9.22. The summed E-state index contributed by atoms with van der Waals surface area (Å²) in [5.41, 5.74) is 0.282. The number of likely N-dealkylation sites (tertiary alicyclic amines) is 1. The molecule has 0 aliphatic carbocycles. The Bertz CT molecular complexity index is 1320. The highest BCUT2D eigenvalue weighted by atomic mass is 19.1. The van der Waals surface area contributed by atoms with Crippen LogP contribution in [0, 0.1) is 28.9 Å². The van der Waals surface area contributed by atoms with E-state index in [1.54, 1.807) is 29.2 Å². The number of hydrogen-bond donors (Lipinski definition) is 2. The Hall–Kier alpha value is -4.46. The predicted molar refractivity (Wildman–Crippen MR) is 139 cm³/mol. The predicted octanol–water partition coefficient (Wildman–Crippen LogP) is 5.61. The van der Waals surface area contributed by atoms with Gasteiger partial charge in [-0.2, -0.15) is 10.2 Å². The molecule has 3 aromatic rings. The van der Waals surface area contributed by atoms with Gasteiger partial charge < -0.3 is 24.7 Å². The summed E-state index contributed by atoms with van der Waals surface area (Å²) in [5, 5.41) is 15.2. The fourth-order valence-corrected chi connectivity index (χ4v) is 4.18. The number of nitriles is 1. The SMILES string of the molecule is CCCCOC(=O)N1CCC(CNC(=O)c2ccc(Nc3oc(-c4c(F)cccc4F)nc3C#N)cc2)CC1. The third-order valence-electron chi connectivity index (χ3n) is 6.46. The molecule has 2 N–H and O–H groups in total. The first-order valence-corrected chi connectivity index (χ1v) is 12.8. The fourth-order valence-electron chi connectivity index (χ4n) is 4.18. The first-order valence-electron chi connectivity index (χ1n) is 12.8. The lowest BCUT2D eigenvalue weighted by molar-refractivity contribution is 0.0835. The van der Waals surface area contributed by atoms with Crippen LogP contribution in [0.3, 0.4) is 0 Å². The van der Waals surface area contributed by atoms with Crippen LogP contribution in [0.2, 0.25) is 0 Å². The number of rotatable bonds is 9. The van der Waals surface area contributed by atoms with E-state index in [-0.39, 0.29) is 35.4 Å². The molecule has 39 heavy (non-hydrogen) atoms. The van der Waals surface area contributed by atoms with Crippen molar-refractivity contribution >= 4 is 23.6 Å². The van der Waals surface area contributed by atoms with Crippen LogP contribution in [0.4, 0.5) is 25.1 Å². The van der Waals surface area contributed by atoms with E-state index in [2.05, 4.69) is 15.6 Å². The van der Waals surface area contributed by atoms with Gasteiger partial charge in [0.2, 0.25) is 17.5 Å². The zero-order valence-corrected chi connectivity index (χ0v) is 21.5. The van der Waals surface area contributed by atoms with Gasteiger partial charge in [0.15, 0.2) is 0 Å². The van der Waals surface area contributed by atoms with E-state index in [0.717, 1.165) is 37.8 Å². The molecule has 1 saturated heterocycles. The number of piperidine rings is 1. The van der Waals surface area contributed by atoms with Crippen LogP contribution in [0.15, 0.2) is 46.9 Å². The molecule has 4 rings (SSSR count). The number of nitrogens with zero attached hydrogens (tertiary/aromatic N) is 3. The number of unbranched alkanes of at least 4 members (excludes halogenated alkanes) is 1. The van der Waals surface area contributed by atoms with Gasteiger partial charge in [0, 0.05) is 30.9 Å². The summed E-state index contributed by atoms with van der Waals surface area (Å²) in [6.07, 6.45) is 3.11. The Morgan fingerprint density at radius 2 is 1.85 bits per heavy atom. The minimum atomic E-state index is -0.863. The zero-order valence-electron chi connectivity index (χ0n) is 21.5. The molecule has 0 radical (unpaired) electrons. The van der Waals surface area contributed by atoms with Crippen LogP contribution in [0.1, 0.15) is 48.7 Å². The lowest BCUT2D eigenvalue weighted by Gasteiger charge is -2.31. The molecular weight excluding hydrogens is 508 g/mol. The number of anilines is 2. The molecule has 1 aliphatic heterocycles. The van der Waals surface area contributed by atoms with Crippen LogP contribution in [-0.4, -0.2) is 48.1 Å². The van der Waals surface area contributed by atoms with Crippen molar-refractivity contribution in [1.82, 2.24) is 15.2 Å². The molecule has 9 nitrogen and oxygen atoms in total. The Balaban J connectivity index is 1.29. The van der Waals surface area contributed by atoms with Gasteiger partial charge in [-0.1, -0.05) is 19.4 Å². The molecule has 0 unspecified atom stereocenters. The van der Waals surface area contributed by atoms with Crippen molar-refractivity contribution in [3.63, 3.8) is 0 Å². The van der Waals surface area contributed by atoms with Gasteiger partial charge in [0.05, 0.1) is 6.61 Å². The van der Waals surface area contributed by atoms with Crippen molar-refractivity contribution in [3.8, 4) is 17.5 Å². The molecule has 2 aromatic carbocycles. The third kappa shape index (κ3) is 6.90. The smallest absolute Gasteiger partial charge is 0.409 e. The van der Waals surface area contributed by atoms with Crippen LogP contribution in [-0.2, 0) is 4.74 Å². The lowest BCUT2D eigenvalue weighted by Crippen LogP contribution is -2.41. The number of oxazole rings is 1. The van der Waals surface area contributed by atoms with E-state index in [9.17, 15) is 23.6 Å². The van der Waals surface area contributed by atoms with Crippen LogP contribution < -0.4 is 10.6 Å². The highest BCUT2D eigenvalue weighted by Crippen LogP contribution is 2.31. The number of ether oxygens (including phenoxy) is 1. The zero-order chi connectivity index (χ0) is 27.8. The molecule has 0 spiro atoms. The first kappa shape index (κ1) is 27.6. The maximum atomic E-state index is 14.1. The van der Waals surface area contributed by atoms with E-state index in [4.69, 9.17) is 9.15 Å². The number of amides is 2. The van der Waals surface area contributed by atoms with Crippen LogP contribution >= 0.6 is 0 Å². The van der Waals surface area contributed by atoms with Crippen molar-refractivity contribution in [3.05, 3.63) is 65.4 Å². The maximum absolute atomic E-state index is 14.1. The molecular formula is C28H29F2N5O4. The van der Waals surface area contributed by atoms with Crippen LogP contribution in [0.25, 0.3) is 11.5 Å². The van der Waals surface area contributed by atoms with E-state index in [1.807, 2.05) is 13.0 Å². The Labute approximate surface area is 224 Å². The standard InChI is InChI=1S/C28H29F2N5O4/c1-2-3-15-38-28(37)35-13-11-18(12-14-35)17-32-25(36)19-7-9-20(10-8-19)33-26-23(16-31)34-27(39-26)24-21(29)5-4-6-22(24)30/h4-10,18,33H,2-3,11-15,17H2,1H3,(H,32,36). The molecule has 0 atom stereocenters. The maximum Gasteiger partial charge on any atom is 0.409 e. The average Bonchev–Trinajstić information content (AvgIpc) is 3.34. The summed E-state index contributed by atoms with van der Waals surface area (Å²) in [7, 11) is 0. The van der Waals surface area contributed by atoms with Crippen molar-refractivity contribution in [2.75, 3.05) is 31.6 Å². The van der Waals surface area contributed by atoms with Crippen molar-refractivity contribution in [2.24, 2.45) is 5.92 Å². The number of hydrogen-bond acceptors (Lipinski definition) is 7. The van der Waals surface area contributed by atoms with E-state index < -0.39 is 17.2 Å². The molecule has 1 aliphatic rings. The second kappa shape index (κ2) is 12.9. The van der Waals surface area contributed by atoms with Crippen molar-refractivity contribution in [1.29, 1.82) is 5.26 Å². The second-order valence-electron chi connectivity index (χ2n) is 9.22. The van der Waals surface area contributed by atoms with Crippen LogP contribution in [0.5, 0.6) is 0 Å². The number of aromatic nitrogens is 1. The summed E-state index contributed by atoms with van der Waals surface area (Å²) in [4.78, 5) is 30.3. The van der Waals surface area contributed by atoms with Gasteiger partial charge in [-0.3, -0.25) is 4.79 Å². The highest BCUT2D eigenvalue weighted by Gasteiger charge is 2.24. The largest absolute Gasteiger partial charge is 0.449 e. The summed E-state index contributed by atoms with van der Waals surface area (Å²) < 4.78 is 38.9. The van der Waals surface area contributed by atoms with Gasteiger partial charge >= 0.3 is 6.09 Å². The fraction of sp³-hybridized carbons (Fsp3) is 0.357. The Morgan fingerprint density at radius 3 is 2.49 bits per heavy atom. The van der Waals surface area contributed by atoms with E-state index in [0.29, 0.717) is 37.5 Å². The number of halogens is 2. The van der Waals surface area contributed by atoms with Gasteiger partial charge in [0.25, 0.3) is 5.91 Å². The number of carbonyl (C=O) groups excluding carboxylic acids is 2. The minimum absolute atomic E-state index is 0.0760. The number of benzene rings is 2. The molecule has 2 heterocycles. The molecule has 0 bridgehead atoms. The van der Waals surface area contributed by atoms with Gasteiger partial charge in [0.1, 0.15) is 23.3 Å². The molecule has 0 saturated carbocycles. The number of nitrogens with one attached hydrogen (secondary N) is 2. The summed E-state index contributed by atoms with van der Waals surface area (Å²) in [5.74, 6) is -2.14. The topological polar surface area (TPSA) is 120 Å². The first-order chi connectivity index (χ1) is 18.9. The van der Waals surface area contributed by atoms with Crippen molar-refractivity contribution < 1.29 is 27.5 Å². The monoisotopic (exact) mass is 537 g/mol. The molecule has 1 aromatic heterocycles. The quantitative estimate of drug-likeness (QED) is 0.340. The normalized spacial score (nSPS) is 13.5. The van der Waals surface area contributed by atoms with E-state index >= 15 is 0 Å². The highest BCUT2D eigenvalue weighted by molar-refractivity contribution is 5.94. The van der Waals surface area contributed by atoms with E-state index in [1.165, 1.54) is 6.07 Å². The van der Waals surface area contributed by atoms with Gasteiger partial charge in [-0.25, -0.2) is 13.6 Å². The minimum Gasteiger partial charge on any atom is -0.449 e. The number of carbonyl (C=O) groups is 2. The summed E-state index contributed by atoms with van der Waals surface area (Å²) >= 11 is 0. The van der Waals surface area contributed by atoms with Gasteiger partial charge in [-0.05, 0) is 61.6 Å². The summed E-state index contributed by atoms with van der Waals surface area (Å²) in [6, 6.07) is 11.6. The lowest BCUT2D eigenvalue weighted by atomic mass is 9.97. The molecule has 204 valence electrons. The molecule has 2 amide bonds. The third-order valence-corrected chi connectivity index (χ3v) is 6.46. The van der Waals surface area contributed by atoms with Crippen molar-refractivity contribution in [2.45, 2.75) is 32.6 Å². The molecule has 1 fully saturated rings. The Kier molecular flexibility index (Phi) is 9.10. The summed E-state index contributed by atoms with van der Waals surface area (Å²) in [6.45, 7) is 4.17. The molecule has 11 heteroatoms. The average molecular weight is 538 g/mol.